The standard InChI is InChI=1S/C12H15FN4O2S/c13-11-9-10(14)3-4-12(11)20(18,19)16-6-2-8-17-7-1-5-15-17/h1,3-5,7,9,16H,2,6,8,14H2. The number of nitrogens with zero attached hydrogens (tertiary/aromatic N) is 2. The number of hydrogen-bond acceptors (Lipinski definition) is 4. The van der Waals surface area contributed by atoms with E-state index in [1.165, 1.54) is 6.07 Å². The number of nitrogen functional groups attached to an aromatic ring is 1. The number of anilines is 1. The van der Waals surface area contributed by atoms with Crippen LogP contribution >= 0.6 is 0 Å². The molecule has 0 unspecified atom stereocenters. The van der Waals surface area contributed by atoms with E-state index in [1.54, 1.807) is 23.1 Å². The van der Waals surface area contributed by atoms with E-state index in [0.29, 0.717) is 13.0 Å². The van der Waals surface area contributed by atoms with Gasteiger partial charge in [0, 0.05) is 31.2 Å². The molecule has 0 radical (unpaired) electrons. The van der Waals surface area contributed by atoms with Crippen molar-refractivity contribution in [2.24, 2.45) is 0 Å². The van der Waals surface area contributed by atoms with Gasteiger partial charge in [-0.25, -0.2) is 17.5 Å². The Morgan fingerprint density at radius 3 is 2.85 bits per heavy atom. The van der Waals surface area contributed by atoms with Crippen LogP contribution < -0.4 is 10.5 Å². The third kappa shape index (κ3) is 3.55. The topological polar surface area (TPSA) is 90.0 Å². The van der Waals surface area contributed by atoms with E-state index in [1.807, 2.05) is 0 Å². The minimum Gasteiger partial charge on any atom is -0.399 e. The molecule has 108 valence electrons. The smallest absolute Gasteiger partial charge is 0.243 e. The Morgan fingerprint density at radius 1 is 1.40 bits per heavy atom. The van der Waals surface area contributed by atoms with Gasteiger partial charge in [0.2, 0.25) is 10.0 Å². The molecule has 8 heteroatoms. The predicted molar refractivity (Wildman–Crippen MR) is 72.8 cm³/mol. The van der Waals surface area contributed by atoms with Crippen molar-refractivity contribution in [3.63, 3.8) is 0 Å². The molecule has 0 aliphatic heterocycles. The molecular weight excluding hydrogens is 283 g/mol. The summed E-state index contributed by atoms with van der Waals surface area (Å²) in [5.74, 6) is -0.857. The second kappa shape index (κ2) is 6.02. The first kappa shape index (κ1) is 14.5. The largest absolute Gasteiger partial charge is 0.399 e. The number of nitrogens with one attached hydrogen (secondary N) is 1. The van der Waals surface area contributed by atoms with E-state index in [4.69, 9.17) is 5.73 Å². The van der Waals surface area contributed by atoms with Gasteiger partial charge in [-0.2, -0.15) is 5.10 Å². The van der Waals surface area contributed by atoms with Gasteiger partial charge in [-0.3, -0.25) is 4.68 Å². The number of hydrogen-bond donors (Lipinski definition) is 2. The zero-order chi connectivity index (χ0) is 14.6. The quantitative estimate of drug-likeness (QED) is 0.614. The average molecular weight is 298 g/mol. The van der Waals surface area contributed by atoms with Crippen molar-refractivity contribution in [3.8, 4) is 0 Å². The van der Waals surface area contributed by atoms with Crippen molar-refractivity contribution in [1.82, 2.24) is 14.5 Å². The third-order valence-corrected chi connectivity index (χ3v) is 4.15. The van der Waals surface area contributed by atoms with Crippen LogP contribution in [0.25, 0.3) is 0 Å². The predicted octanol–water partition coefficient (Wildman–Crippen LogP) is 0.973. The highest BCUT2D eigenvalue weighted by Gasteiger charge is 2.18. The molecule has 0 saturated carbocycles. The van der Waals surface area contributed by atoms with Crippen molar-refractivity contribution in [3.05, 3.63) is 42.5 Å². The molecule has 1 aromatic carbocycles. The van der Waals surface area contributed by atoms with Crippen LogP contribution in [-0.2, 0) is 16.6 Å². The molecule has 0 spiro atoms. The molecule has 0 amide bonds. The summed E-state index contributed by atoms with van der Waals surface area (Å²) in [6.07, 6.45) is 3.99. The van der Waals surface area contributed by atoms with Gasteiger partial charge in [-0.15, -0.1) is 0 Å². The monoisotopic (exact) mass is 298 g/mol. The Morgan fingerprint density at radius 2 is 2.20 bits per heavy atom. The first-order valence-electron chi connectivity index (χ1n) is 6.01. The van der Waals surface area contributed by atoms with Crippen molar-refractivity contribution < 1.29 is 12.8 Å². The number of halogens is 1. The van der Waals surface area contributed by atoms with Crippen LogP contribution in [0.2, 0.25) is 0 Å². The SMILES string of the molecule is Nc1ccc(S(=O)(=O)NCCCn2cccn2)c(F)c1. The third-order valence-electron chi connectivity index (χ3n) is 2.66. The van der Waals surface area contributed by atoms with Gasteiger partial charge in [0.05, 0.1) is 0 Å². The molecule has 0 saturated heterocycles. The van der Waals surface area contributed by atoms with Crippen LogP contribution in [0.4, 0.5) is 10.1 Å². The van der Waals surface area contributed by atoms with Crippen LogP contribution in [0.1, 0.15) is 6.42 Å². The van der Waals surface area contributed by atoms with Crippen molar-refractivity contribution in [1.29, 1.82) is 0 Å². The summed E-state index contributed by atoms with van der Waals surface area (Å²) >= 11 is 0. The van der Waals surface area contributed by atoms with Gasteiger partial charge in [0.1, 0.15) is 10.7 Å². The fourth-order valence-electron chi connectivity index (χ4n) is 1.69. The van der Waals surface area contributed by atoms with Crippen molar-refractivity contribution >= 4 is 15.7 Å². The van der Waals surface area contributed by atoms with Gasteiger partial charge in [0.15, 0.2) is 0 Å². The molecule has 0 aliphatic carbocycles. The number of rotatable bonds is 6. The van der Waals surface area contributed by atoms with Crippen LogP contribution in [-0.4, -0.2) is 24.7 Å². The van der Waals surface area contributed by atoms with E-state index in [2.05, 4.69) is 9.82 Å². The van der Waals surface area contributed by atoms with Crippen molar-refractivity contribution in [2.45, 2.75) is 17.9 Å². The summed E-state index contributed by atoms with van der Waals surface area (Å²) in [7, 11) is -3.86. The summed E-state index contributed by atoms with van der Waals surface area (Å²) in [5.41, 5.74) is 5.56. The number of aromatic nitrogens is 2. The zero-order valence-electron chi connectivity index (χ0n) is 10.7. The van der Waals surface area contributed by atoms with Crippen LogP contribution in [0.5, 0.6) is 0 Å². The number of nitrogens with two attached hydrogens (primary N) is 1. The lowest BCUT2D eigenvalue weighted by Gasteiger charge is -2.08. The number of benzene rings is 1. The first-order chi connectivity index (χ1) is 9.49. The van der Waals surface area contributed by atoms with Crippen LogP contribution in [0.15, 0.2) is 41.6 Å². The van der Waals surface area contributed by atoms with E-state index in [0.717, 1.165) is 12.1 Å². The lowest BCUT2D eigenvalue weighted by Crippen LogP contribution is -2.26. The van der Waals surface area contributed by atoms with E-state index in [9.17, 15) is 12.8 Å². The normalized spacial score (nSPS) is 11.7. The Labute approximate surface area is 116 Å². The fraction of sp³-hybridized carbons (Fsp3) is 0.250. The molecule has 20 heavy (non-hydrogen) atoms. The molecule has 6 nitrogen and oxygen atoms in total. The Hall–Kier alpha value is -1.93. The molecule has 2 aromatic rings. The summed E-state index contributed by atoms with van der Waals surface area (Å²) in [5, 5.41) is 4.00. The van der Waals surface area contributed by atoms with E-state index < -0.39 is 20.7 Å². The highest BCUT2D eigenvalue weighted by atomic mass is 32.2. The molecule has 0 aliphatic rings. The number of sulfonamides is 1. The van der Waals surface area contributed by atoms with E-state index >= 15 is 0 Å². The molecule has 0 fully saturated rings. The summed E-state index contributed by atoms with van der Waals surface area (Å²) < 4.78 is 41.4. The Balaban J connectivity index is 1.93. The summed E-state index contributed by atoms with van der Waals surface area (Å²) in [4.78, 5) is -0.397. The highest BCUT2D eigenvalue weighted by Crippen LogP contribution is 2.16. The average Bonchev–Trinajstić information content (AvgIpc) is 2.87. The second-order valence-corrected chi connectivity index (χ2v) is 5.95. The van der Waals surface area contributed by atoms with Crippen LogP contribution in [0, 0.1) is 5.82 Å². The van der Waals surface area contributed by atoms with Gasteiger partial charge in [-0.1, -0.05) is 0 Å². The minimum absolute atomic E-state index is 0.181. The molecule has 1 heterocycles. The molecule has 0 atom stereocenters. The van der Waals surface area contributed by atoms with Crippen LogP contribution in [0.3, 0.4) is 0 Å². The lowest BCUT2D eigenvalue weighted by atomic mass is 10.3. The summed E-state index contributed by atoms with van der Waals surface area (Å²) in [6, 6.07) is 5.27. The second-order valence-electron chi connectivity index (χ2n) is 4.21. The van der Waals surface area contributed by atoms with Gasteiger partial charge >= 0.3 is 0 Å². The maximum absolute atomic E-state index is 13.6. The van der Waals surface area contributed by atoms with Gasteiger partial charge in [-0.05, 0) is 30.7 Å². The molecule has 2 rings (SSSR count). The van der Waals surface area contributed by atoms with Crippen molar-refractivity contribution in [2.75, 3.05) is 12.3 Å². The Kier molecular flexibility index (Phi) is 4.35. The maximum Gasteiger partial charge on any atom is 0.243 e. The lowest BCUT2D eigenvalue weighted by molar-refractivity contribution is 0.542. The maximum atomic E-state index is 13.6. The Bertz CT molecular complexity index is 671. The van der Waals surface area contributed by atoms with Gasteiger partial charge in [0.25, 0.3) is 0 Å². The molecule has 3 N–H and O–H groups in total. The fourth-order valence-corrected chi connectivity index (χ4v) is 2.82. The molecule has 0 bridgehead atoms. The first-order valence-corrected chi connectivity index (χ1v) is 7.49. The number of aryl methyl sites for hydroxylation is 1. The van der Waals surface area contributed by atoms with E-state index in [-0.39, 0.29) is 12.2 Å². The molecular formula is C12H15FN4O2S. The summed E-state index contributed by atoms with van der Waals surface area (Å²) in [6.45, 7) is 0.783. The van der Waals surface area contributed by atoms with Gasteiger partial charge < -0.3 is 5.73 Å². The molecule has 1 aromatic heterocycles. The zero-order valence-corrected chi connectivity index (χ0v) is 11.5. The minimum atomic E-state index is -3.86. The highest BCUT2D eigenvalue weighted by molar-refractivity contribution is 7.89.